The van der Waals surface area contributed by atoms with Gasteiger partial charge in [-0.2, -0.15) is 0 Å². The molecule has 2 fully saturated rings. The molecule has 1 aliphatic carbocycles. The first-order valence-electron chi connectivity index (χ1n) is 6.79. The maximum atomic E-state index is 5.97. The normalized spacial score (nSPS) is 27.9. The lowest BCUT2D eigenvalue weighted by atomic mass is 10.0. The second kappa shape index (κ2) is 5.48. The molecule has 1 saturated heterocycles. The van der Waals surface area contributed by atoms with E-state index in [1.54, 1.807) is 0 Å². The van der Waals surface area contributed by atoms with Crippen molar-refractivity contribution in [2.24, 2.45) is 11.7 Å². The molecule has 16 heavy (non-hydrogen) atoms. The highest BCUT2D eigenvalue weighted by atomic mass is 16.5. The molecule has 2 atom stereocenters. The van der Waals surface area contributed by atoms with Crippen molar-refractivity contribution in [1.29, 1.82) is 0 Å². The van der Waals surface area contributed by atoms with Crippen LogP contribution >= 0.6 is 0 Å². The second-order valence-electron chi connectivity index (χ2n) is 5.68. The molecule has 2 rings (SSSR count). The van der Waals surface area contributed by atoms with Crippen LogP contribution in [0, 0.1) is 5.92 Å². The first-order valence-corrected chi connectivity index (χ1v) is 6.79. The van der Waals surface area contributed by atoms with Crippen LogP contribution < -0.4 is 5.73 Å². The van der Waals surface area contributed by atoms with Crippen molar-refractivity contribution in [1.82, 2.24) is 4.90 Å². The number of hydrogen-bond donors (Lipinski definition) is 1. The summed E-state index contributed by atoms with van der Waals surface area (Å²) in [5.74, 6) is 0.719. The van der Waals surface area contributed by atoms with Gasteiger partial charge < -0.3 is 10.5 Å². The SMILES string of the molecule is CC(C)CN(C1CC1)C(CN)C1CCCO1. The van der Waals surface area contributed by atoms with Crippen LogP contribution in [0.4, 0.5) is 0 Å². The number of hydrogen-bond acceptors (Lipinski definition) is 3. The van der Waals surface area contributed by atoms with Crippen molar-refractivity contribution < 1.29 is 4.74 Å². The molecule has 94 valence electrons. The molecule has 0 bridgehead atoms. The summed E-state index contributed by atoms with van der Waals surface area (Å²) in [5, 5.41) is 0. The number of nitrogens with two attached hydrogens (primary N) is 1. The third kappa shape index (κ3) is 2.96. The van der Waals surface area contributed by atoms with E-state index in [1.165, 1.54) is 32.2 Å². The summed E-state index contributed by atoms with van der Waals surface area (Å²) in [6.07, 6.45) is 5.51. The lowest BCUT2D eigenvalue weighted by molar-refractivity contribution is 0.0188. The summed E-state index contributed by atoms with van der Waals surface area (Å²) in [6.45, 7) is 7.43. The Morgan fingerprint density at radius 1 is 1.31 bits per heavy atom. The second-order valence-corrected chi connectivity index (χ2v) is 5.68. The zero-order chi connectivity index (χ0) is 11.5. The predicted molar refractivity (Wildman–Crippen MR) is 66.4 cm³/mol. The Labute approximate surface area is 99.3 Å². The fraction of sp³-hybridized carbons (Fsp3) is 1.00. The summed E-state index contributed by atoms with van der Waals surface area (Å²) in [7, 11) is 0. The molecule has 0 radical (unpaired) electrons. The first-order chi connectivity index (χ1) is 7.72. The van der Waals surface area contributed by atoms with E-state index in [4.69, 9.17) is 10.5 Å². The molecule has 1 aliphatic heterocycles. The minimum absolute atomic E-state index is 0.393. The van der Waals surface area contributed by atoms with Crippen molar-refractivity contribution in [3.8, 4) is 0 Å². The average Bonchev–Trinajstić information content (AvgIpc) is 2.95. The monoisotopic (exact) mass is 226 g/mol. The lowest BCUT2D eigenvalue weighted by Gasteiger charge is -2.35. The topological polar surface area (TPSA) is 38.5 Å². The highest BCUT2D eigenvalue weighted by Crippen LogP contribution is 2.32. The van der Waals surface area contributed by atoms with Crippen LogP contribution in [-0.4, -0.2) is 42.8 Å². The Hall–Kier alpha value is -0.120. The maximum absolute atomic E-state index is 5.97. The van der Waals surface area contributed by atoms with Gasteiger partial charge in [0.15, 0.2) is 0 Å². The smallest absolute Gasteiger partial charge is 0.0743 e. The number of ether oxygens (including phenoxy) is 1. The Morgan fingerprint density at radius 3 is 2.50 bits per heavy atom. The molecule has 0 aromatic rings. The number of nitrogens with zero attached hydrogens (tertiary/aromatic N) is 1. The average molecular weight is 226 g/mol. The molecule has 3 nitrogen and oxygen atoms in total. The quantitative estimate of drug-likeness (QED) is 0.748. The molecule has 0 aromatic carbocycles. The van der Waals surface area contributed by atoms with Gasteiger partial charge in [0.25, 0.3) is 0 Å². The van der Waals surface area contributed by atoms with E-state index in [1.807, 2.05) is 0 Å². The van der Waals surface area contributed by atoms with Gasteiger partial charge in [-0.05, 0) is 31.6 Å². The summed E-state index contributed by atoms with van der Waals surface area (Å²) < 4.78 is 5.82. The van der Waals surface area contributed by atoms with Crippen LogP contribution in [0.2, 0.25) is 0 Å². The van der Waals surface area contributed by atoms with Gasteiger partial charge in [-0.1, -0.05) is 13.8 Å². The van der Waals surface area contributed by atoms with Crippen LogP contribution in [0.3, 0.4) is 0 Å². The minimum Gasteiger partial charge on any atom is -0.377 e. The van der Waals surface area contributed by atoms with Crippen molar-refractivity contribution in [3.63, 3.8) is 0 Å². The standard InChI is InChI=1S/C13H26N2O/c1-10(2)9-15(11-5-6-11)12(8-14)13-4-3-7-16-13/h10-13H,3-9,14H2,1-2H3. The molecule has 2 unspecified atom stereocenters. The lowest BCUT2D eigenvalue weighted by Crippen LogP contribution is -2.50. The van der Waals surface area contributed by atoms with Crippen molar-refractivity contribution in [2.45, 2.75) is 57.7 Å². The Balaban J connectivity index is 1.97. The predicted octanol–water partition coefficient (Wildman–Crippen LogP) is 1.61. The van der Waals surface area contributed by atoms with Gasteiger partial charge >= 0.3 is 0 Å². The molecular weight excluding hydrogens is 200 g/mol. The van der Waals surface area contributed by atoms with Gasteiger partial charge in [-0.25, -0.2) is 0 Å². The van der Waals surface area contributed by atoms with E-state index < -0.39 is 0 Å². The highest BCUT2D eigenvalue weighted by Gasteiger charge is 2.38. The summed E-state index contributed by atoms with van der Waals surface area (Å²) in [5.41, 5.74) is 5.97. The van der Waals surface area contributed by atoms with Crippen molar-refractivity contribution >= 4 is 0 Å². The zero-order valence-electron chi connectivity index (χ0n) is 10.7. The molecule has 0 amide bonds. The number of rotatable bonds is 6. The summed E-state index contributed by atoms with van der Waals surface area (Å²) in [4.78, 5) is 2.63. The minimum atomic E-state index is 0.393. The first kappa shape index (κ1) is 12.3. The van der Waals surface area contributed by atoms with Crippen molar-refractivity contribution in [2.75, 3.05) is 19.7 Å². The van der Waals surface area contributed by atoms with Gasteiger partial charge in [0.1, 0.15) is 0 Å². The van der Waals surface area contributed by atoms with Gasteiger partial charge in [0, 0.05) is 31.8 Å². The van der Waals surface area contributed by atoms with Crippen LogP contribution in [0.5, 0.6) is 0 Å². The fourth-order valence-corrected chi connectivity index (χ4v) is 2.79. The van der Waals surface area contributed by atoms with E-state index in [0.29, 0.717) is 12.1 Å². The highest BCUT2D eigenvalue weighted by molar-refractivity contribution is 4.93. The van der Waals surface area contributed by atoms with Crippen LogP contribution in [0.1, 0.15) is 39.5 Å². The molecule has 1 saturated carbocycles. The van der Waals surface area contributed by atoms with Gasteiger partial charge in [-0.3, -0.25) is 4.90 Å². The van der Waals surface area contributed by atoms with E-state index in [0.717, 1.165) is 25.1 Å². The van der Waals surface area contributed by atoms with E-state index in [2.05, 4.69) is 18.7 Å². The molecule has 0 spiro atoms. The third-order valence-corrected chi connectivity index (χ3v) is 3.65. The molecule has 2 N–H and O–H groups in total. The molecule has 3 heteroatoms. The van der Waals surface area contributed by atoms with Crippen LogP contribution in [0.15, 0.2) is 0 Å². The van der Waals surface area contributed by atoms with E-state index in [9.17, 15) is 0 Å². The Morgan fingerprint density at radius 2 is 2.06 bits per heavy atom. The van der Waals surface area contributed by atoms with Crippen LogP contribution in [-0.2, 0) is 4.74 Å². The summed E-state index contributed by atoms with van der Waals surface area (Å²) in [6, 6.07) is 1.25. The van der Waals surface area contributed by atoms with Gasteiger partial charge in [0.2, 0.25) is 0 Å². The third-order valence-electron chi connectivity index (χ3n) is 3.65. The maximum Gasteiger partial charge on any atom is 0.0743 e. The zero-order valence-corrected chi connectivity index (χ0v) is 10.7. The molecule has 1 heterocycles. The fourth-order valence-electron chi connectivity index (χ4n) is 2.79. The largest absolute Gasteiger partial charge is 0.377 e. The molecule has 0 aromatic heterocycles. The van der Waals surface area contributed by atoms with E-state index in [-0.39, 0.29) is 0 Å². The molecular formula is C13H26N2O. The van der Waals surface area contributed by atoms with Crippen LogP contribution in [0.25, 0.3) is 0 Å². The van der Waals surface area contributed by atoms with Gasteiger partial charge in [0.05, 0.1) is 6.10 Å². The molecule has 2 aliphatic rings. The van der Waals surface area contributed by atoms with Crippen molar-refractivity contribution in [3.05, 3.63) is 0 Å². The summed E-state index contributed by atoms with van der Waals surface area (Å²) >= 11 is 0. The van der Waals surface area contributed by atoms with Gasteiger partial charge in [-0.15, -0.1) is 0 Å². The Kier molecular flexibility index (Phi) is 4.22. The Bertz CT molecular complexity index is 210. The van der Waals surface area contributed by atoms with E-state index >= 15 is 0 Å².